The number of nitrogens with zero attached hydrogens (tertiary/aromatic N) is 5. The van der Waals surface area contributed by atoms with Gasteiger partial charge in [0.25, 0.3) is 0 Å². The molecule has 11 heteroatoms. The third-order valence-electron chi connectivity index (χ3n) is 4.49. The summed E-state index contributed by atoms with van der Waals surface area (Å²) in [4.78, 5) is 8.72. The molecular formula is C17H16N8O3. The summed E-state index contributed by atoms with van der Waals surface area (Å²) in [5.74, 6) is 0.720. The number of anilines is 3. The Balaban J connectivity index is 1.46. The molecule has 0 aliphatic carbocycles. The van der Waals surface area contributed by atoms with Gasteiger partial charge in [0.05, 0.1) is 6.26 Å². The van der Waals surface area contributed by atoms with Crippen molar-refractivity contribution in [3.05, 3.63) is 54.1 Å². The molecule has 11 nitrogen and oxygen atoms in total. The van der Waals surface area contributed by atoms with Crippen LogP contribution < -0.4 is 21.6 Å². The van der Waals surface area contributed by atoms with Crippen molar-refractivity contribution in [1.29, 1.82) is 5.41 Å². The number of phenols is 2. The van der Waals surface area contributed by atoms with Crippen molar-refractivity contribution in [3.8, 4) is 11.5 Å². The van der Waals surface area contributed by atoms with Gasteiger partial charge in [-0.3, -0.25) is 20.9 Å². The maximum Gasteiger partial charge on any atom is 0.245 e. The van der Waals surface area contributed by atoms with Crippen molar-refractivity contribution < 1.29 is 14.6 Å². The van der Waals surface area contributed by atoms with Crippen molar-refractivity contribution >= 4 is 23.0 Å². The number of benzene rings is 1. The second-order valence-electron chi connectivity index (χ2n) is 6.29. The van der Waals surface area contributed by atoms with Crippen LogP contribution in [-0.4, -0.2) is 29.4 Å². The van der Waals surface area contributed by atoms with Crippen LogP contribution >= 0.6 is 0 Å². The molecule has 1 aromatic carbocycles. The Hall–Kier alpha value is -4.15. The van der Waals surface area contributed by atoms with Crippen molar-refractivity contribution in [2.45, 2.75) is 13.0 Å². The second-order valence-corrected chi connectivity index (χ2v) is 6.29. The summed E-state index contributed by atoms with van der Waals surface area (Å²) >= 11 is 0. The van der Waals surface area contributed by atoms with Crippen molar-refractivity contribution in [1.82, 2.24) is 19.2 Å². The number of hydrogen-bond donors (Lipinski definition) is 5. The number of aromatic hydroxyl groups is 2. The molecule has 0 spiro atoms. The van der Waals surface area contributed by atoms with Gasteiger partial charge in [0, 0.05) is 12.6 Å². The fourth-order valence-corrected chi connectivity index (χ4v) is 3.12. The van der Waals surface area contributed by atoms with Gasteiger partial charge in [0.2, 0.25) is 11.5 Å². The molecule has 0 fully saturated rings. The van der Waals surface area contributed by atoms with E-state index in [4.69, 9.17) is 9.83 Å². The number of aryl methyl sites for hydroxylation is 2. The minimum absolute atomic E-state index is 0.0235. The summed E-state index contributed by atoms with van der Waals surface area (Å²) in [5.41, 5.74) is 8.22. The molecule has 1 aliphatic heterocycles. The van der Waals surface area contributed by atoms with Gasteiger partial charge in [-0.25, -0.2) is 4.98 Å². The number of hydrogen-bond acceptors (Lipinski definition) is 9. The van der Waals surface area contributed by atoms with Crippen LogP contribution in [0.1, 0.15) is 5.56 Å². The number of furan rings is 1. The summed E-state index contributed by atoms with van der Waals surface area (Å²) in [6.07, 6.45) is 3.77. The van der Waals surface area contributed by atoms with Gasteiger partial charge in [-0.1, -0.05) is 6.07 Å². The van der Waals surface area contributed by atoms with Crippen LogP contribution in [0.25, 0.3) is 5.65 Å². The standard InChI is InChI=1S/C17H16N8O3/c18-17-20-15-14(21-25(22-15)13-2-1-7-28-13)16-19-9-23(24(16)17)6-5-10-3-4-11(26)12(27)8-10/h1-4,7-9,21,26-27H,5-6H2,(H2,18,20,22). The summed E-state index contributed by atoms with van der Waals surface area (Å²) in [5, 5.41) is 28.9. The van der Waals surface area contributed by atoms with Gasteiger partial charge < -0.3 is 14.6 Å². The van der Waals surface area contributed by atoms with E-state index in [0.29, 0.717) is 36.0 Å². The van der Waals surface area contributed by atoms with Gasteiger partial charge >= 0.3 is 0 Å². The molecule has 0 bridgehead atoms. The minimum Gasteiger partial charge on any atom is -0.504 e. The van der Waals surface area contributed by atoms with E-state index in [-0.39, 0.29) is 17.1 Å². The van der Waals surface area contributed by atoms with Crippen molar-refractivity contribution in [2.75, 3.05) is 16.0 Å². The summed E-state index contributed by atoms with van der Waals surface area (Å²) in [6, 6.07) is 8.26. The predicted octanol–water partition coefficient (Wildman–Crippen LogP) is 1.43. The first-order valence-electron chi connectivity index (χ1n) is 8.51. The summed E-state index contributed by atoms with van der Waals surface area (Å²) in [6.45, 7) is 0.507. The largest absolute Gasteiger partial charge is 0.504 e. The van der Waals surface area contributed by atoms with Crippen LogP contribution in [0.2, 0.25) is 0 Å². The maximum absolute atomic E-state index is 9.64. The Labute approximate surface area is 157 Å². The van der Waals surface area contributed by atoms with E-state index in [1.165, 1.54) is 12.1 Å². The number of fused-ring (bicyclic) bond motifs is 3. The van der Waals surface area contributed by atoms with Crippen LogP contribution in [0.4, 0.5) is 17.4 Å². The van der Waals surface area contributed by atoms with Crippen LogP contribution in [0.5, 0.6) is 11.5 Å². The number of phenolic OH excluding ortho intramolecular Hbond substituents is 2. The Morgan fingerprint density at radius 2 is 2.04 bits per heavy atom. The van der Waals surface area contributed by atoms with E-state index in [0.717, 1.165) is 5.56 Å². The molecule has 142 valence electrons. The molecule has 3 aromatic heterocycles. The molecule has 5 N–H and O–H groups in total. The number of hydrazine groups is 2. The first-order chi connectivity index (χ1) is 13.6. The van der Waals surface area contributed by atoms with E-state index in [1.807, 2.05) is 0 Å². The summed E-state index contributed by atoms with van der Waals surface area (Å²) < 4.78 is 8.72. The van der Waals surface area contributed by atoms with E-state index < -0.39 is 0 Å². The SMILES string of the molecule is N=c1nc2c(c3ncn(CCc4ccc(O)c(O)c4)n13)NN(c1ccco1)N2. The monoisotopic (exact) mass is 380 g/mol. The van der Waals surface area contributed by atoms with Crippen molar-refractivity contribution in [2.24, 2.45) is 0 Å². The zero-order valence-electron chi connectivity index (χ0n) is 14.5. The molecule has 0 saturated carbocycles. The fourth-order valence-electron chi connectivity index (χ4n) is 3.12. The van der Waals surface area contributed by atoms with Gasteiger partial charge in [-0.2, -0.15) is 14.6 Å². The molecule has 5 rings (SSSR count). The zero-order chi connectivity index (χ0) is 19.3. The normalized spacial score (nSPS) is 12.8. The fraction of sp³-hybridized carbons (Fsp3) is 0.118. The molecular weight excluding hydrogens is 364 g/mol. The van der Waals surface area contributed by atoms with E-state index in [1.54, 1.807) is 45.1 Å². The molecule has 0 unspecified atom stereocenters. The molecule has 28 heavy (non-hydrogen) atoms. The van der Waals surface area contributed by atoms with Crippen molar-refractivity contribution in [3.63, 3.8) is 0 Å². The van der Waals surface area contributed by atoms with Crippen LogP contribution in [0.15, 0.2) is 47.3 Å². The van der Waals surface area contributed by atoms with Crippen LogP contribution in [0.3, 0.4) is 0 Å². The first kappa shape index (κ1) is 16.1. The molecule has 1 aliphatic rings. The molecule has 4 heterocycles. The Kier molecular flexibility index (Phi) is 3.41. The van der Waals surface area contributed by atoms with Crippen LogP contribution in [0, 0.1) is 5.41 Å². The quantitative estimate of drug-likeness (QED) is 0.335. The van der Waals surface area contributed by atoms with E-state index >= 15 is 0 Å². The highest BCUT2D eigenvalue weighted by molar-refractivity contribution is 5.85. The maximum atomic E-state index is 9.64. The lowest BCUT2D eigenvalue weighted by atomic mass is 10.1. The lowest BCUT2D eigenvalue weighted by Gasteiger charge is -2.13. The molecule has 4 aromatic rings. The first-order valence-corrected chi connectivity index (χ1v) is 8.51. The third-order valence-corrected chi connectivity index (χ3v) is 4.49. The van der Waals surface area contributed by atoms with Gasteiger partial charge in [-0.15, -0.1) is 0 Å². The topological polar surface area (TPSA) is 140 Å². The van der Waals surface area contributed by atoms with Gasteiger partial charge in [-0.05, 0) is 30.2 Å². The zero-order valence-corrected chi connectivity index (χ0v) is 14.5. The highest BCUT2D eigenvalue weighted by Crippen LogP contribution is 2.31. The number of rotatable bonds is 4. The Morgan fingerprint density at radius 3 is 2.82 bits per heavy atom. The van der Waals surface area contributed by atoms with Gasteiger partial charge in [0.1, 0.15) is 12.0 Å². The van der Waals surface area contributed by atoms with E-state index in [2.05, 4.69) is 20.8 Å². The molecule has 0 saturated heterocycles. The number of aromatic nitrogens is 4. The lowest BCUT2D eigenvalue weighted by molar-refractivity contribution is 0.403. The van der Waals surface area contributed by atoms with E-state index in [9.17, 15) is 10.2 Å². The average Bonchev–Trinajstić information content (AvgIpc) is 3.41. The average molecular weight is 380 g/mol. The molecule has 0 amide bonds. The Bertz CT molecular complexity index is 1230. The van der Waals surface area contributed by atoms with Crippen LogP contribution in [-0.2, 0) is 13.0 Å². The smallest absolute Gasteiger partial charge is 0.245 e. The highest BCUT2D eigenvalue weighted by Gasteiger charge is 2.26. The summed E-state index contributed by atoms with van der Waals surface area (Å²) in [7, 11) is 0. The van der Waals surface area contributed by atoms with Gasteiger partial charge in [0.15, 0.2) is 23.0 Å². The highest BCUT2D eigenvalue weighted by atomic mass is 16.4. The third kappa shape index (κ3) is 2.48. The Morgan fingerprint density at radius 1 is 1.14 bits per heavy atom. The number of nitrogens with one attached hydrogen (secondary N) is 3. The predicted molar refractivity (Wildman–Crippen MR) is 98.7 cm³/mol. The second kappa shape index (κ2) is 5.94. The molecule has 0 atom stereocenters. The minimum atomic E-state index is -0.158. The molecule has 0 radical (unpaired) electrons. The lowest BCUT2D eigenvalue weighted by Crippen LogP contribution is -2.29.